The number of aromatic nitrogens is 2. The third kappa shape index (κ3) is 4.73. The summed E-state index contributed by atoms with van der Waals surface area (Å²) in [5.41, 5.74) is 3.82. The van der Waals surface area contributed by atoms with Crippen LogP contribution in [0.15, 0.2) is 77.6 Å². The highest BCUT2D eigenvalue weighted by molar-refractivity contribution is 6.05. The number of ketones is 1. The zero-order valence-electron chi connectivity index (χ0n) is 20.9. The van der Waals surface area contributed by atoms with Gasteiger partial charge in [0, 0.05) is 17.7 Å². The van der Waals surface area contributed by atoms with Crippen molar-refractivity contribution in [2.45, 2.75) is 20.8 Å². The molecule has 0 bridgehead atoms. The summed E-state index contributed by atoms with van der Waals surface area (Å²) in [6.45, 7) is 5.81. The molecular weight excluding hydrogens is 454 g/mol. The molecule has 0 unspecified atom stereocenters. The molecule has 0 aliphatic carbocycles. The van der Waals surface area contributed by atoms with Gasteiger partial charge in [0.25, 0.3) is 11.5 Å². The van der Waals surface area contributed by atoms with E-state index in [1.54, 1.807) is 38.3 Å². The predicted octanol–water partition coefficient (Wildman–Crippen LogP) is 4.80. The number of amides is 1. The van der Waals surface area contributed by atoms with Crippen molar-refractivity contribution in [3.8, 4) is 22.7 Å². The molecule has 36 heavy (non-hydrogen) atoms. The Hall–Kier alpha value is -4.39. The van der Waals surface area contributed by atoms with E-state index < -0.39 is 11.3 Å². The number of likely N-dealkylation sites (N-methyl/N-ethyl adjacent to an activating group) is 1. The number of carbonyl (C=O) groups excluding carboxylic acids is 2. The molecule has 0 aliphatic heterocycles. The Morgan fingerprint density at radius 1 is 0.944 bits per heavy atom. The number of hydrogen-bond acceptors (Lipinski definition) is 4. The van der Waals surface area contributed by atoms with Gasteiger partial charge in [-0.05, 0) is 62.2 Å². The lowest BCUT2D eigenvalue weighted by Crippen LogP contribution is -2.37. The quantitative estimate of drug-likeness (QED) is 0.365. The van der Waals surface area contributed by atoms with Crippen molar-refractivity contribution in [2.24, 2.45) is 0 Å². The van der Waals surface area contributed by atoms with Crippen molar-refractivity contribution in [1.82, 2.24) is 14.7 Å². The van der Waals surface area contributed by atoms with E-state index in [2.05, 4.69) is 5.10 Å². The normalized spacial score (nSPS) is 10.8. The monoisotopic (exact) mass is 483 g/mol. The second-order valence-corrected chi connectivity index (χ2v) is 8.56. The van der Waals surface area contributed by atoms with Crippen molar-refractivity contribution in [2.75, 3.05) is 20.2 Å². The summed E-state index contributed by atoms with van der Waals surface area (Å²) in [6, 6.07) is 21.7. The van der Waals surface area contributed by atoms with Gasteiger partial charge < -0.3 is 9.64 Å². The first-order chi connectivity index (χ1) is 17.3. The molecule has 0 aliphatic rings. The van der Waals surface area contributed by atoms with Gasteiger partial charge in [-0.2, -0.15) is 0 Å². The van der Waals surface area contributed by atoms with Crippen molar-refractivity contribution in [3.05, 3.63) is 105 Å². The fraction of sp³-hybridized carbons (Fsp3) is 0.207. The summed E-state index contributed by atoms with van der Waals surface area (Å²) < 4.78 is 6.58. The molecule has 1 amide bonds. The van der Waals surface area contributed by atoms with Crippen LogP contribution < -0.4 is 10.3 Å². The number of ether oxygens (including phenoxy) is 1. The molecule has 7 nitrogen and oxygen atoms in total. The Balaban J connectivity index is 1.75. The Morgan fingerprint density at radius 3 is 2.28 bits per heavy atom. The predicted molar refractivity (Wildman–Crippen MR) is 140 cm³/mol. The zero-order valence-corrected chi connectivity index (χ0v) is 20.9. The van der Waals surface area contributed by atoms with Crippen LogP contribution in [0, 0.1) is 13.8 Å². The van der Waals surface area contributed by atoms with E-state index in [4.69, 9.17) is 4.74 Å². The minimum Gasteiger partial charge on any atom is -0.497 e. The minimum absolute atomic E-state index is 0.0306. The lowest BCUT2D eigenvalue weighted by molar-refractivity contribution is 0.0717. The number of nitrogens with one attached hydrogen (secondary N) is 1. The van der Waals surface area contributed by atoms with Gasteiger partial charge in [0.05, 0.1) is 25.0 Å². The van der Waals surface area contributed by atoms with E-state index in [1.807, 2.05) is 62.4 Å². The Morgan fingerprint density at radius 2 is 1.64 bits per heavy atom. The number of nitrogens with zero attached hydrogens (tertiary/aromatic N) is 2. The summed E-state index contributed by atoms with van der Waals surface area (Å²) >= 11 is 0. The first-order valence-electron chi connectivity index (χ1n) is 11.8. The van der Waals surface area contributed by atoms with Gasteiger partial charge in [-0.3, -0.25) is 19.5 Å². The average molecular weight is 484 g/mol. The highest BCUT2D eigenvalue weighted by Crippen LogP contribution is 2.23. The lowest BCUT2D eigenvalue weighted by Gasteiger charge is -2.20. The van der Waals surface area contributed by atoms with Gasteiger partial charge in [0.1, 0.15) is 11.3 Å². The topological polar surface area (TPSA) is 84.4 Å². The number of hydrogen-bond donors (Lipinski definition) is 1. The van der Waals surface area contributed by atoms with Crippen LogP contribution in [0.5, 0.6) is 5.75 Å². The number of benzene rings is 3. The lowest BCUT2D eigenvalue weighted by atomic mass is 10.0. The van der Waals surface area contributed by atoms with Gasteiger partial charge in [-0.15, -0.1) is 0 Å². The highest BCUT2D eigenvalue weighted by atomic mass is 16.5. The van der Waals surface area contributed by atoms with Crippen molar-refractivity contribution >= 4 is 11.7 Å². The van der Waals surface area contributed by atoms with Gasteiger partial charge in [-0.1, -0.05) is 42.5 Å². The maximum Gasteiger partial charge on any atom is 0.282 e. The van der Waals surface area contributed by atoms with Crippen LogP contribution in [0.25, 0.3) is 16.9 Å². The van der Waals surface area contributed by atoms with Gasteiger partial charge >= 0.3 is 0 Å². The van der Waals surface area contributed by atoms with Crippen LogP contribution in [0.2, 0.25) is 0 Å². The Bertz CT molecular complexity index is 1450. The maximum absolute atomic E-state index is 13.6. The van der Waals surface area contributed by atoms with E-state index in [1.165, 1.54) is 9.58 Å². The van der Waals surface area contributed by atoms with Crippen molar-refractivity contribution in [3.63, 3.8) is 0 Å². The number of carbonyl (C=O) groups is 2. The summed E-state index contributed by atoms with van der Waals surface area (Å²) in [6.07, 6.45) is 0. The van der Waals surface area contributed by atoms with E-state index in [9.17, 15) is 14.4 Å². The van der Waals surface area contributed by atoms with E-state index in [-0.39, 0.29) is 18.0 Å². The molecule has 184 valence electrons. The molecule has 0 saturated carbocycles. The second kappa shape index (κ2) is 10.5. The van der Waals surface area contributed by atoms with Crippen LogP contribution in [0.4, 0.5) is 0 Å². The standard InChI is InChI=1S/C29H29N3O4/c1-5-31(28(34)22-14-16-23(36-4)17-15-22)18-25(33)26-27(21-11-7-6-8-12-21)30-32(29(26)35)24-13-9-10-19(2)20(24)3/h6-17,30H,5,18H2,1-4H3. The smallest absolute Gasteiger partial charge is 0.282 e. The first-order valence-corrected chi connectivity index (χ1v) is 11.8. The molecule has 3 aromatic carbocycles. The van der Waals surface area contributed by atoms with Gasteiger partial charge in [0.2, 0.25) is 0 Å². The summed E-state index contributed by atoms with van der Waals surface area (Å²) in [7, 11) is 1.56. The first kappa shape index (κ1) is 24.7. The highest BCUT2D eigenvalue weighted by Gasteiger charge is 2.26. The number of H-pyrrole nitrogens is 1. The summed E-state index contributed by atoms with van der Waals surface area (Å²) in [5, 5.41) is 3.16. The summed E-state index contributed by atoms with van der Waals surface area (Å²) in [4.78, 5) is 41.8. The second-order valence-electron chi connectivity index (χ2n) is 8.56. The molecule has 4 rings (SSSR count). The Kier molecular flexibility index (Phi) is 7.20. The molecule has 1 heterocycles. The van der Waals surface area contributed by atoms with E-state index in [0.29, 0.717) is 34.8 Å². The Labute approximate surface area is 209 Å². The van der Waals surface area contributed by atoms with Crippen molar-refractivity contribution < 1.29 is 14.3 Å². The molecule has 4 aromatic rings. The van der Waals surface area contributed by atoms with Crippen LogP contribution in [0.3, 0.4) is 0 Å². The summed E-state index contributed by atoms with van der Waals surface area (Å²) in [5.74, 6) is -0.0829. The third-order valence-corrected chi connectivity index (χ3v) is 6.39. The molecule has 0 saturated heterocycles. The largest absolute Gasteiger partial charge is 0.497 e. The minimum atomic E-state index is -0.444. The molecular formula is C29H29N3O4. The third-order valence-electron chi connectivity index (χ3n) is 6.39. The maximum atomic E-state index is 13.6. The SMILES string of the molecule is CCN(CC(=O)c1c(-c2ccccc2)[nH]n(-c2cccc(C)c2C)c1=O)C(=O)c1ccc(OC)cc1. The molecule has 0 spiro atoms. The fourth-order valence-electron chi connectivity index (χ4n) is 4.15. The average Bonchev–Trinajstić information content (AvgIpc) is 3.25. The number of Topliss-reactive ketones (excluding diaryl/α,β-unsaturated/α-hetero) is 1. The molecule has 1 N–H and O–H groups in total. The van der Waals surface area contributed by atoms with Gasteiger partial charge in [0.15, 0.2) is 5.78 Å². The van der Waals surface area contributed by atoms with Crippen LogP contribution in [0.1, 0.15) is 38.8 Å². The van der Waals surface area contributed by atoms with Crippen LogP contribution in [-0.4, -0.2) is 46.6 Å². The van der Waals surface area contributed by atoms with Gasteiger partial charge in [-0.25, -0.2) is 4.68 Å². The van der Waals surface area contributed by atoms with Crippen LogP contribution in [-0.2, 0) is 0 Å². The van der Waals surface area contributed by atoms with Crippen molar-refractivity contribution in [1.29, 1.82) is 0 Å². The van der Waals surface area contributed by atoms with Crippen LogP contribution >= 0.6 is 0 Å². The number of aromatic amines is 1. The molecule has 0 fully saturated rings. The van der Waals surface area contributed by atoms with E-state index >= 15 is 0 Å². The zero-order chi connectivity index (χ0) is 25.8. The molecule has 7 heteroatoms. The number of rotatable bonds is 8. The molecule has 0 radical (unpaired) electrons. The fourth-order valence-corrected chi connectivity index (χ4v) is 4.15. The molecule has 0 atom stereocenters. The number of aryl methyl sites for hydroxylation is 1. The number of methoxy groups -OCH3 is 1. The molecule has 1 aromatic heterocycles. The van der Waals surface area contributed by atoms with E-state index in [0.717, 1.165) is 11.1 Å².